The highest BCUT2D eigenvalue weighted by molar-refractivity contribution is 5.90. The summed E-state index contributed by atoms with van der Waals surface area (Å²) in [5.74, 6) is -0.378. The molecular formula is C19H19F3N4O2. The average molecular weight is 392 g/mol. The van der Waals surface area contributed by atoms with Crippen molar-refractivity contribution in [2.75, 3.05) is 11.9 Å². The Labute approximate surface area is 159 Å². The number of nitrogens with one attached hydrogen (secondary N) is 1. The van der Waals surface area contributed by atoms with Gasteiger partial charge in [-0.05, 0) is 44.5 Å². The second-order valence-electron chi connectivity index (χ2n) is 7.15. The molecule has 9 heteroatoms. The summed E-state index contributed by atoms with van der Waals surface area (Å²) in [6.07, 6.45) is -3.03. The molecule has 2 aromatic heterocycles. The van der Waals surface area contributed by atoms with Gasteiger partial charge in [0.25, 0.3) is 5.91 Å². The number of carbonyl (C=O) groups is 1. The van der Waals surface area contributed by atoms with Crippen LogP contribution in [0.1, 0.15) is 26.3 Å². The number of benzene rings is 1. The molecule has 0 unspecified atom stereocenters. The zero-order chi connectivity index (χ0) is 20.5. The summed E-state index contributed by atoms with van der Waals surface area (Å²) in [5, 5.41) is 6.62. The predicted octanol–water partition coefficient (Wildman–Crippen LogP) is 4.17. The molecule has 3 aromatic rings. The number of ether oxygens (including phenoxy) is 1. The Balaban J connectivity index is 1.85. The second kappa shape index (κ2) is 7.23. The lowest BCUT2D eigenvalue weighted by Crippen LogP contribution is -2.27. The van der Waals surface area contributed by atoms with Crippen LogP contribution >= 0.6 is 0 Å². The molecule has 0 saturated heterocycles. The molecule has 6 nitrogen and oxygen atoms in total. The van der Waals surface area contributed by atoms with Gasteiger partial charge in [0.05, 0.1) is 11.2 Å². The summed E-state index contributed by atoms with van der Waals surface area (Å²) in [7, 11) is 0. The molecule has 148 valence electrons. The third-order valence-electron chi connectivity index (χ3n) is 3.76. The van der Waals surface area contributed by atoms with Crippen LogP contribution in [0, 0.1) is 0 Å². The monoisotopic (exact) mass is 392 g/mol. The van der Waals surface area contributed by atoms with Crippen molar-refractivity contribution >= 4 is 17.5 Å². The first-order valence-electron chi connectivity index (χ1n) is 8.50. The molecule has 0 spiro atoms. The predicted molar refractivity (Wildman–Crippen MR) is 97.8 cm³/mol. The molecule has 0 fully saturated rings. The number of carbonyl (C=O) groups excluding carboxylic acids is 1. The zero-order valence-corrected chi connectivity index (χ0v) is 15.5. The Bertz CT molecular complexity index is 1010. The first kappa shape index (κ1) is 19.8. The van der Waals surface area contributed by atoms with E-state index in [0.29, 0.717) is 11.2 Å². The fraction of sp³-hybridized carbons (Fsp3) is 0.316. The van der Waals surface area contributed by atoms with Gasteiger partial charge in [-0.1, -0.05) is 18.2 Å². The normalized spacial score (nSPS) is 12.4. The van der Waals surface area contributed by atoms with Crippen molar-refractivity contribution in [1.82, 2.24) is 14.6 Å². The van der Waals surface area contributed by atoms with Crippen LogP contribution in [0.2, 0.25) is 0 Å². The molecule has 1 amide bonds. The lowest BCUT2D eigenvalue weighted by molar-refractivity contribution is -0.137. The van der Waals surface area contributed by atoms with Gasteiger partial charge in [0.1, 0.15) is 6.61 Å². The topological polar surface area (TPSA) is 68.5 Å². The molecule has 3 rings (SSSR count). The van der Waals surface area contributed by atoms with E-state index < -0.39 is 23.2 Å². The van der Waals surface area contributed by atoms with Gasteiger partial charge in [-0.25, -0.2) is 4.52 Å². The first-order chi connectivity index (χ1) is 13.0. The van der Waals surface area contributed by atoms with E-state index in [-0.39, 0.29) is 18.1 Å². The van der Waals surface area contributed by atoms with Crippen molar-refractivity contribution < 1.29 is 22.7 Å². The Hall–Kier alpha value is -2.94. The summed E-state index contributed by atoms with van der Waals surface area (Å²) in [4.78, 5) is 16.1. The Kier molecular flexibility index (Phi) is 5.12. The van der Waals surface area contributed by atoms with E-state index in [0.717, 1.165) is 6.07 Å². The first-order valence-corrected chi connectivity index (χ1v) is 8.50. The van der Waals surface area contributed by atoms with E-state index in [4.69, 9.17) is 4.74 Å². The smallest absolute Gasteiger partial charge is 0.366 e. The Morgan fingerprint density at radius 2 is 1.86 bits per heavy atom. The van der Waals surface area contributed by atoms with Crippen molar-refractivity contribution in [3.63, 3.8) is 0 Å². The van der Waals surface area contributed by atoms with E-state index in [1.807, 2.05) is 20.8 Å². The summed E-state index contributed by atoms with van der Waals surface area (Å²) in [6, 6.07) is 8.37. The van der Waals surface area contributed by atoms with Crippen LogP contribution in [0.15, 0.2) is 42.6 Å². The summed E-state index contributed by atoms with van der Waals surface area (Å²) in [6.45, 7) is 5.31. The minimum Gasteiger partial charge on any atom is -0.366 e. The SMILES string of the molecule is CC(C)(C)OCC(=O)Nc1nc2ccc(-c3ccccc3C(F)(F)F)cn2n1. The minimum atomic E-state index is -4.47. The van der Waals surface area contributed by atoms with E-state index in [1.54, 1.807) is 0 Å². The third-order valence-corrected chi connectivity index (χ3v) is 3.76. The quantitative estimate of drug-likeness (QED) is 0.724. The number of pyridine rings is 1. The number of amides is 1. The molecule has 0 saturated carbocycles. The highest BCUT2D eigenvalue weighted by Gasteiger charge is 2.33. The van der Waals surface area contributed by atoms with Crippen molar-refractivity contribution in [2.24, 2.45) is 0 Å². The van der Waals surface area contributed by atoms with Gasteiger partial charge in [0, 0.05) is 11.8 Å². The van der Waals surface area contributed by atoms with Crippen molar-refractivity contribution in [3.05, 3.63) is 48.2 Å². The maximum Gasteiger partial charge on any atom is 0.417 e. The minimum absolute atomic E-state index is 0.0385. The number of hydrogen-bond acceptors (Lipinski definition) is 4. The molecule has 0 aliphatic carbocycles. The molecule has 1 N–H and O–H groups in total. The van der Waals surface area contributed by atoms with E-state index >= 15 is 0 Å². The van der Waals surface area contributed by atoms with Gasteiger partial charge in [0.15, 0.2) is 5.65 Å². The third kappa shape index (κ3) is 4.66. The lowest BCUT2D eigenvalue weighted by atomic mass is 10.0. The molecular weight excluding hydrogens is 373 g/mol. The van der Waals surface area contributed by atoms with Crippen LogP contribution in [0.4, 0.5) is 19.1 Å². The number of rotatable bonds is 4. The molecule has 0 radical (unpaired) electrons. The number of halogens is 3. The van der Waals surface area contributed by atoms with E-state index in [1.165, 1.54) is 41.0 Å². The fourth-order valence-corrected chi connectivity index (χ4v) is 2.52. The molecule has 2 heterocycles. The number of hydrogen-bond donors (Lipinski definition) is 1. The van der Waals surface area contributed by atoms with E-state index in [2.05, 4.69) is 15.4 Å². The van der Waals surface area contributed by atoms with Crippen LogP contribution in [0.3, 0.4) is 0 Å². The Morgan fingerprint density at radius 1 is 1.14 bits per heavy atom. The zero-order valence-electron chi connectivity index (χ0n) is 15.5. The molecule has 0 aliphatic heterocycles. The van der Waals surface area contributed by atoms with Gasteiger partial charge in [-0.2, -0.15) is 18.2 Å². The second-order valence-corrected chi connectivity index (χ2v) is 7.15. The van der Waals surface area contributed by atoms with Gasteiger partial charge < -0.3 is 4.74 Å². The number of aromatic nitrogens is 3. The Morgan fingerprint density at radius 3 is 2.54 bits per heavy atom. The van der Waals surface area contributed by atoms with Crippen molar-refractivity contribution in [2.45, 2.75) is 32.5 Å². The molecule has 0 bridgehead atoms. The molecule has 0 aliphatic rings. The lowest BCUT2D eigenvalue weighted by Gasteiger charge is -2.18. The summed E-state index contributed by atoms with van der Waals surface area (Å²) < 4.78 is 46.5. The van der Waals surface area contributed by atoms with Crippen molar-refractivity contribution in [3.8, 4) is 11.1 Å². The van der Waals surface area contributed by atoms with E-state index in [9.17, 15) is 18.0 Å². The standard InChI is InChI=1S/C19H19F3N4O2/c1-18(2,3)28-11-16(27)24-17-23-15-9-8-12(10-26(15)25-17)13-6-4-5-7-14(13)19(20,21)22/h4-10H,11H2,1-3H3,(H,24,25,27). The van der Waals surface area contributed by atoms with Crippen LogP contribution in [0.25, 0.3) is 16.8 Å². The van der Waals surface area contributed by atoms with Crippen LogP contribution in [0.5, 0.6) is 0 Å². The van der Waals surface area contributed by atoms with Crippen molar-refractivity contribution in [1.29, 1.82) is 0 Å². The van der Waals surface area contributed by atoms with Crippen LogP contribution in [-0.2, 0) is 15.7 Å². The number of fused-ring (bicyclic) bond motifs is 1. The number of anilines is 1. The average Bonchev–Trinajstić information content (AvgIpc) is 3.00. The largest absolute Gasteiger partial charge is 0.417 e. The maximum atomic E-state index is 13.3. The molecule has 0 atom stereocenters. The van der Waals surface area contributed by atoms with Gasteiger partial charge in [-0.3, -0.25) is 10.1 Å². The maximum absolute atomic E-state index is 13.3. The summed E-state index contributed by atoms with van der Waals surface area (Å²) >= 11 is 0. The van der Waals surface area contributed by atoms with Gasteiger partial charge >= 0.3 is 6.18 Å². The highest BCUT2D eigenvalue weighted by atomic mass is 19.4. The van der Waals surface area contributed by atoms with Gasteiger partial charge in [-0.15, -0.1) is 5.10 Å². The highest BCUT2D eigenvalue weighted by Crippen LogP contribution is 2.36. The number of nitrogens with zero attached hydrogens (tertiary/aromatic N) is 3. The number of alkyl halides is 3. The molecule has 28 heavy (non-hydrogen) atoms. The van der Waals surface area contributed by atoms with Crippen LogP contribution in [-0.4, -0.2) is 32.7 Å². The summed E-state index contributed by atoms with van der Waals surface area (Å²) in [5.41, 5.74) is -0.441. The fourth-order valence-electron chi connectivity index (χ4n) is 2.52. The van der Waals surface area contributed by atoms with Crippen LogP contribution < -0.4 is 5.32 Å². The molecule has 1 aromatic carbocycles. The van der Waals surface area contributed by atoms with Gasteiger partial charge in [0.2, 0.25) is 5.95 Å².